The predicted octanol–water partition coefficient (Wildman–Crippen LogP) is 5.69. The van der Waals surface area contributed by atoms with Gasteiger partial charge in [-0.25, -0.2) is 4.98 Å². The second kappa shape index (κ2) is 10.9. The number of nitrogens with one attached hydrogen (secondary N) is 1. The molecule has 0 radical (unpaired) electrons. The molecule has 0 saturated heterocycles. The Morgan fingerprint density at radius 3 is 2.43 bits per heavy atom. The molecule has 0 bridgehead atoms. The summed E-state index contributed by atoms with van der Waals surface area (Å²) in [7, 11) is 1.61. The molecular formula is C30H31N3O4. The van der Waals surface area contributed by atoms with Crippen LogP contribution >= 0.6 is 0 Å². The highest BCUT2D eigenvalue weighted by Gasteiger charge is 2.24. The van der Waals surface area contributed by atoms with E-state index in [0.717, 1.165) is 48.1 Å². The average Bonchev–Trinajstić information content (AvgIpc) is 3.36. The molecule has 37 heavy (non-hydrogen) atoms. The van der Waals surface area contributed by atoms with Gasteiger partial charge in [0.15, 0.2) is 0 Å². The second-order valence-electron chi connectivity index (χ2n) is 9.74. The van der Waals surface area contributed by atoms with Crippen molar-refractivity contribution in [3.05, 3.63) is 89.9 Å². The first-order valence-electron chi connectivity index (χ1n) is 12.7. The van der Waals surface area contributed by atoms with Gasteiger partial charge in [0.05, 0.1) is 7.11 Å². The van der Waals surface area contributed by atoms with Crippen LogP contribution in [0.15, 0.2) is 73.1 Å². The van der Waals surface area contributed by atoms with E-state index in [2.05, 4.69) is 34.6 Å². The molecule has 1 aliphatic carbocycles. The molecule has 2 heterocycles. The number of fused-ring (bicyclic) bond motifs is 1. The van der Waals surface area contributed by atoms with Crippen molar-refractivity contribution in [1.82, 2.24) is 14.7 Å². The third-order valence-corrected chi connectivity index (χ3v) is 7.34. The molecule has 1 fully saturated rings. The Morgan fingerprint density at radius 1 is 0.973 bits per heavy atom. The number of carboxylic acids is 1. The molecule has 4 aromatic rings. The van der Waals surface area contributed by atoms with Crippen LogP contribution in [0.2, 0.25) is 0 Å². The molecule has 0 aliphatic heterocycles. The van der Waals surface area contributed by atoms with Gasteiger partial charge in [-0.05, 0) is 72.4 Å². The van der Waals surface area contributed by atoms with Crippen molar-refractivity contribution in [1.29, 1.82) is 0 Å². The number of nitrogens with zero attached hydrogens (tertiary/aromatic N) is 2. The van der Waals surface area contributed by atoms with Gasteiger partial charge in [-0.15, -0.1) is 0 Å². The summed E-state index contributed by atoms with van der Waals surface area (Å²) in [5, 5.41) is 12.0. The highest BCUT2D eigenvalue weighted by atomic mass is 16.5. The van der Waals surface area contributed by atoms with Gasteiger partial charge in [0.25, 0.3) is 5.91 Å². The van der Waals surface area contributed by atoms with E-state index in [1.807, 2.05) is 47.0 Å². The fourth-order valence-corrected chi connectivity index (χ4v) is 5.28. The SMILES string of the molecule is COc1ccccc1CNC(=O)c1cn2cc(-c3ccc([C@H]4CC[C@H](CC(=O)O)CC4)cc3)ccc2n1. The molecule has 1 amide bonds. The number of benzene rings is 2. The fourth-order valence-electron chi connectivity index (χ4n) is 5.28. The maximum atomic E-state index is 12.7. The molecule has 5 rings (SSSR count). The maximum Gasteiger partial charge on any atom is 0.303 e. The van der Waals surface area contributed by atoms with E-state index in [0.29, 0.717) is 29.7 Å². The van der Waals surface area contributed by atoms with Crippen LogP contribution in [0.25, 0.3) is 16.8 Å². The number of carboxylic acid groups (broad SMARTS) is 1. The quantitative estimate of drug-likeness (QED) is 0.326. The molecule has 0 atom stereocenters. The fraction of sp³-hybridized carbons (Fsp3) is 0.300. The van der Waals surface area contributed by atoms with Crippen LogP contribution in [0.1, 0.15) is 59.6 Å². The number of pyridine rings is 1. The van der Waals surface area contributed by atoms with Gasteiger partial charge in [-0.1, -0.05) is 42.5 Å². The average molecular weight is 498 g/mol. The van der Waals surface area contributed by atoms with Crippen molar-refractivity contribution >= 4 is 17.5 Å². The first kappa shape index (κ1) is 24.6. The van der Waals surface area contributed by atoms with E-state index in [1.165, 1.54) is 5.56 Å². The maximum absolute atomic E-state index is 12.7. The van der Waals surface area contributed by atoms with Gasteiger partial charge in [0, 0.05) is 30.9 Å². The van der Waals surface area contributed by atoms with Crippen LogP contribution in [-0.2, 0) is 11.3 Å². The van der Waals surface area contributed by atoms with Crippen LogP contribution in [-0.4, -0.2) is 33.5 Å². The third kappa shape index (κ3) is 5.66. The largest absolute Gasteiger partial charge is 0.496 e. The van der Waals surface area contributed by atoms with Gasteiger partial charge in [-0.3, -0.25) is 9.59 Å². The van der Waals surface area contributed by atoms with E-state index >= 15 is 0 Å². The summed E-state index contributed by atoms with van der Waals surface area (Å²) >= 11 is 0. The zero-order valence-corrected chi connectivity index (χ0v) is 20.9. The minimum absolute atomic E-state index is 0.237. The van der Waals surface area contributed by atoms with Crippen LogP contribution in [0.5, 0.6) is 5.75 Å². The van der Waals surface area contributed by atoms with E-state index in [9.17, 15) is 9.59 Å². The Morgan fingerprint density at radius 2 is 1.70 bits per heavy atom. The molecule has 1 saturated carbocycles. The summed E-state index contributed by atoms with van der Waals surface area (Å²) in [5.41, 5.74) is 5.43. The van der Waals surface area contributed by atoms with Crippen molar-refractivity contribution in [3.8, 4) is 16.9 Å². The third-order valence-electron chi connectivity index (χ3n) is 7.34. The Bertz CT molecular complexity index is 1400. The van der Waals surface area contributed by atoms with Crippen LogP contribution < -0.4 is 10.1 Å². The van der Waals surface area contributed by atoms with E-state index < -0.39 is 5.97 Å². The molecule has 7 nitrogen and oxygen atoms in total. The lowest BCUT2D eigenvalue weighted by Crippen LogP contribution is -2.23. The number of carbonyl (C=O) groups excluding carboxylic acids is 1. The Kier molecular flexibility index (Phi) is 7.21. The van der Waals surface area contributed by atoms with E-state index in [-0.39, 0.29) is 12.3 Å². The zero-order chi connectivity index (χ0) is 25.8. The van der Waals surface area contributed by atoms with E-state index in [4.69, 9.17) is 9.84 Å². The van der Waals surface area contributed by atoms with Gasteiger partial charge >= 0.3 is 5.97 Å². The summed E-state index contributed by atoms with van der Waals surface area (Å²) in [6.07, 6.45) is 8.06. The molecule has 1 aliphatic rings. The number of aromatic nitrogens is 2. The minimum Gasteiger partial charge on any atom is -0.496 e. The van der Waals surface area contributed by atoms with Crippen molar-refractivity contribution in [2.24, 2.45) is 5.92 Å². The first-order chi connectivity index (χ1) is 18.0. The highest BCUT2D eigenvalue weighted by Crippen LogP contribution is 2.37. The summed E-state index contributed by atoms with van der Waals surface area (Å²) in [4.78, 5) is 28.2. The normalized spacial score (nSPS) is 17.4. The molecular weight excluding hydrogens is 466 g/mol. The first-order valence-corrected chi connectivity index (χ1v) is 12.7. The predicted molar refractivity (Wildman–Crippen MR) is 142 cm³/mol. The van der Waals surface area contributed by atoms with Gasteiger partial charge in [0.2, 0.25) is 0 Å². The zero-order valence-electron chi connectivity index (χ0n) is 20.9. The Balaban J connectivity index is 1.24. The second-order valence-corrected chi connectivity index (χ2v) is 9.74. The van der Waals surface area contributed by atoms with Gasteiger partial charge in [-0.2, -0.15) is 0 Å². The molecule has 2 aromatic heterocycles. The summed E-state index contributed by atoms with van der Waals surface area (Å²) < 4.78 is 7.23. The number of para-hydroxylation sites is 1. The smallest absolute Gasteiger partial charge is 0.303 e. The van der Waals surface area contributed by atoms with Crippen LogP contribution in [0, 0.1) is 5.92 Å². The molecule has 0 unspecified atom stereocenters. The number of aliphatic carboxylic acids is 1. The molecule has 2 N–H and O–H groups in total. The number of amides is 1. The highest BCUT2D eigenvalue weighted by molar-refractivity contribution is 5.93. The topological polar surface area (TPSA) is 92.9 Å². The number of rotatable bonds is 8. The van der Waals surface area contributed by atoms with E-state index in [1.54, 1.807) is 13.3 Å². The number of imidazole rings is 1. The number of hydrogen-bond acceptors (Lipinski definition) is 4. The van der Waals surface area contributed by atoms with Crippen LogP contribution in [0.4, 0.5) is 0 Å². The van der Waals surface area contributed by atoms with Crippen molar-refractivity contribution in [2.45, 2.75) is 44.6 Å². The minimum atomic E-state index is -0.691. The van der Waals surface area contributed by atoms with Gasteiger partial charge < -0.3 is 19.6 Å². The monoisotopic (exact) mass is 497 g/mol. The summed E-state index contributed by atoms with van der Waals surface area (Å²) in [5.74, 6) is 0.608. The van der Waals surface area contributed by atoms with Crippen molar-refractivity contribution in [3.63, 3.8) is 0 Å². The molecule has 0 spiro atoms. The molecule has 2 aromatic carbocycles. The Hall–Kier alpha value is -4.13. The summed E-state index contributed by atoms with van der Waals surface area (Å²) in [6, 6.07) is 20.2. The van der Waals surface area contributed by atoms with Crippen molar-refractivity contribution < 1.29 is 19.4 Å². The number of carbonyl (C=O) groups is 2. The Labute approximate surface area is 216 Å². The number of methoxy groups -OCH3 is 1. The lowest BCUT2D eigenvalue weighted by atomic mass is 9.77. The molecule has 7 heteroatoms. The van der Waals surface area contributed by atoms with Crippen molar-refractivity contribution in [2.75, 3.05) is 7.11 Å². The summed E-state index contributed by atoms with van der Waals surface area (Å²) in [6.45, 7) is 0.357. The number of ether oxygens (including phenoxy) is 1. The lowest BCUT2D eigenvalue weighted by Gasteiger charge is -2.28. The van der Waals surface area contributed by atoms with Crippen LogP contribution in [0.3, 0.4) is 0 Å². The lowest BCUT2D eigenvalue weighted by molar-refractivity contribution is -0.138. The van der Waals surface area contributed by atoms with Gasteiger partial charge in [0.1, 0.15) is 17.1 Å². The standard InChI is InChI=1S/C30H31N3O4/c1-37-27-5-3-2-4-24(27)17-31-30(36)26-19-33-18-25(14-15-28(33)32-26)23-12-10-22(11-13-23)21-8-6-20(7-9-21)16-29(34)35/h2-5,10-15,18-21H,6-9,16-17H2,1H3,(H,31,36)(H,34,35)/t20-,21-. The number of hydrogen-bond donors (Lipinski definition) is 2. The molecule has 190 valence electrons.